The summed E-state index contributed by atoms with van der Waals surface area (Å²) in [5, 5.41) is 12.2. The van der Waals surface area contributed by atoms with Crippen LogP contribution in [0.5, 0.6) is 11.5 Å². The highest BCUT2D eigenvalue weighted by Crippen LogP contribution is 2.38. The molecule has 0 saturated heterocycles. The number of benzene rings is 2. The predicted molar refractivity (Wildman–Crippen MR) is 93.4 cm³/mol. The van der Waals surface area contributed by atoms with E-state index < -0.39 is 6.36 Å². The van der Waals surface area contributed by atoms with Crippen molar-refractivity contribution < 1.29 is 27.8 Å². The molecule has 9 heteroatoms. The molecule has 1 atom stereocenters. The smallest absolute Gasteiger partial charge is 0.508 e. The molecule has 0 radical (unpaired) electrons. The molecule has 2 heterocycles. The Morgan fingerprint density at radius 1 is 1.11 bits per heavy atom. The van der Waals surface area contributed by atoms with Gasteiger partial charge in [-0.3, -0.25) is 9.36 Å². The number of hydrogen-bond donors (Lipinski definition) is 2. The van der Waals surface area contributed by atoms with Crippen molar-refractivity contribution in [2.45, 2.75) is 18.7 Å². The fraction of sp³-hybridized carbons (Fsp3) is 0.158. The first kappa shape index (κ1) is 17.9. The van der Waals surface area contributed by atoms with E-state index in [1.807, 2.05) is 0 Å². The van der Waals surface area contributed by atoms with Gasteiger partial charge in [-0.25, -0.2) is 4.98 Å². The van der Waals surface area contributed by atoms with Crippen LogP contribution in [0.15, 0.2) is 54.9 Å². The topological polar surface area (TPSA) is 76.4 Å². The second kappa shape index (κ2) is 6.59. The molecule has 0 spiro atoms. The van der Waals surface area contributed by atoms with Crippen LogP contribution in [0.3, 0.4) is 0 Å². The molecule has 2 N–H and O–H groups in total. The Balaban J connectivity index is 1.68. The van der Waals surface area contributed by atoms with E-state index in [1.54, 1.807) is 16.7 Å². The maximum absolute atomic E-state index is 12.3. The molecule has 1 aliphatic heterocycles. The van der Waals surface area contributed by atoms with Crippen molar-refractivity contribution in [3.63, 3.8) is 0 Å². The van der Waals surface area contributed by atoms with Crippen molar-refractivity contribution in [2.75, 3.05) is 5.32 Å². The number of carbonyl (C=O) groups is 1. The lowest BCUT2D eigenvalue weighted by molar-refractivity contribution is -0.274. The number of hydrogen-bond acceptors (Lipinski definition) is 4. The number of aromatic hydroxyl groups is 1. The molecule has 1 unspecified atom stereocenters. The zero-order valence-electron chi connectivity index (χ0n) is 14.3. The molecule has 0 saturated carbocycles. The van der Waals surface area contributed by atoms with Gasteiger partial charge in [-0.2, -0.15) is 0 Å². The third-order valence-electron chi connectivity index (χ3n) is 4.42. The van der Waals surface area contributed by atoms with Crippen molar-refractivity contribution in [3.8, 4) is 17.2 Å². The molecule has 2 aromatic carbocycles. The standard InChI is InChI=1S/C19H14F3N3O3/c20-19(21,22)28-14-7-3-12(4-8-14)25-10-23-17-15(9-16(27)24-18(17)25)11-1-5-13(26)6-2-11/h1-8,10,15,26H,9H2,(H,24,27). The SMILES string of the molecule is O=C1CC(c2ccc(O)cc2)c2ncn(-c3ccc(OC(F)(F)F)cc3)c2N1. The van der Waals surface area contributed by atoms with Crippen molar-refractivity contribution in [1.82, 2.24) is 9.55 Å². The van der Waals surface area contributed by atoms with Crippen LogP contribution in [0.1, 0.15) is 23.6 Å². The van der Waals surface area contributed by atoms with Crippen LogP contribution in [-0.2, 0) is 4.79 Å². The summed E-state index contributed by atoms with van der Waals surface area (Å²) in [6.07, 6.45) is -3.06. The Labute approximate surface area is 157 Å². The van der Waals surface area contributed by atoms with E-state index in [-0.39, 0.29) is 29.7 Å². The summed E-state index contributed by atoms with van der Waals surface area (Å²) in [6, 6.07) is 11.8. The maximum Gasteiger partial charge on any atom is 0.573 e. The van der Waals surface area contributed by atoms with Crippen LogP contribution >= 0.6 is 0 Å². The van der Waals surface area contributed by atoms with E-state index in [2.05, 4.69) is 15.0 Å². The quantitative estimate of drug-likeness (QED) is 0.711. The summed E-state index contributed by atoms with van der Waals surface area (Å²) in [7, 11) is 0. The molecule has 144 valence electrons. The van der Waals surface area contributed by atoms with Crippen LogP contribution in [0, 0.1) is 0 Å². The summed E-state index contributed by atoms with van der Waals surface area (Å²) in [5.41, 5.74) is 1.99. The minimum Gasteiger partial charge on any atom is -0.508 e. The Morgan fingerprint density at radius 3 is 2.43 bits per heavy atom. The summed E-state index contributed by atoms with van der Waals surface area (Å²) in [5.74, 6) is -0.256. The normalized spacial score (nSPS) is 16.4. The van der Waals surface area contributed by atoms with E-state index >= 15 is 0 Å². The van der Waals surface area contributed by atoms with Crippen LogP contribution in [-0.4, -0.2) is 26.9 Å². The zero-order chi connectivity index (χ0) is 19.9. The predicted octanol–water partition coefficient (Wildman–Crippen LogP) is 3.95. The van der Waals surface area contributed by atoms with E-state index in [9.17, 15) is 23.1 Å². The Morgan fingerprint density at radius 2 is 1.79 bits per heavy atom. The second-order valence-corrected chi connectivity index (χ2v) is 6.29. The van der Waals surface area contributed by atoms with Gasteiger partial charge in [0.2, 0.25) is 5.91 Å². The summed E-state index contributed by atoms with van der Waals surface area (Å²) >= 11 is 0. The minimum absolute atomic E-state index is 0.121. The molecule has 4 rings (SSSR count). The number of alkyl halides is 3. The Kier molecular flexibility index (Phi) is 4.21. The molecule has 28 heavy (non-hydrogen) atoms. The van der Waals surface area contributed by atoms with Crippen LogP contribution in [0.4, 0.5) is 19.0 Å². The van der Waals surface area contributed by atoms with Crippen molar-refractivity contribution in [1.29, 1.82) is 0 Å². The van der Waals surface area contributed by atoms with Crippen molar-refractivity contribution in [3.05, 3.63) is 66.1 Å². The van der Waals surface area contributed by atoms with Gasteiger partial charge < -0.3 is 15.2 Å². The van der Waals surface area contributed by atoms with E-state index in [4.69, 9.17) is 0 Å². The molecule has 0 aliphatic carbocycles. The molecule has 1 amide bonds. The van der Waals surface area contributed by atoms with Crippen molar-refractivity contribution in [2.24, 2.45) is 0 Å². The maximum atomic E-state index is 12.3. The summed E-state index contributed by atoms with van der Waals surface area (Å²) < 4.78 is 42.4. The van der Waals surface area contributed by atoms with Crippen LogP contribution in [0.25, 0.3) is 5.69 Å². The number of carbonyl (C=O) groups excluding carboxylic acids is 1. The number of phenolic OH excluding ortho intramolecular Hbond substituents is 1. The molecule has 0 bridgehead atoms. The minimum atomic E-state index is -4.76. The number of amides is 1. The van der Waals surface area contributed by atoms with Gasteiger partial charge in [0.1, 0.15) is 23.6 Å². The number of fused-ring (bicyclic) bond motifs is 1. The highest BCUT2D eigenvalue weighted by molar-refractivity contribution is 5.94. The Hall–Kier alpha value is -3.49. The van der Waals surface area contributed by atoms with Gasteiger partial charge in [-0.1, -0.05) is 12.1 Å². The largest absolute Gasteiger partial charge is 0.573 e. The number of anilines is 1. The molecule has 0 fully saturated rings. The lowest BCUT2D eigenvalue weighted by atomic mass is 9.90. The summed E-state index contributed by atoms with van der Waals surface area (Å²) in [4.78, 5) is 16.6. The van der Waals surface area contributed by atoms with Crippen LogP contribution < -0.4 is 10.1 Å². The van der Waals surface area contributed by atoms with Crippen LogP contribution in [0.2, 0.25) is 0 Å². The lowest BCUT2D eigenvalue weighted by Gasteiger charge is -2.23. The number of halogens is 3. The van der Waals surface area contributed by atoms with Gasteiger partial charge in [0.15, 0.2) is 0 Å². The first-order chi connectivity index (χ1) is 13.3. The van der Waals surface area contributed by atoms with E-state index in [0.29, 0.717) is 17.2 Å². The molecule has 1 aromatic heterocycles. The molecule has 3 aromatic rings. The fourth-order valence-electron chi connectivity index (χ4n) is 3.19. The lowest BCUT2D eigenvalue weighted by Crippen LogP contribution is -2.24. The zero-order valence-corrected chi connectivity index (χ0v) is 14.3. The van der Waals surface area contributed by atoms with Gasteiger partial charge >= 0.3 is 6.36 Å². The van der Waals surface area contributed by atoms with E-state index in [0.717, 1.165) is 5.56 Å². The second-order valence-electron chi connectivity index (χ2n) is 6.29. The molecule has 1 aliphatic rings. The van der Waals surface area contributed by atoms with Gasteiger partial charge in [-0.05, 0) is 42.0 Å². The number of ether oxygens (including phenoxy) is 1. The number of nitrogens with zero attached hydrogens (tertiary/aromatic N) is 2. The average Bonchev–Trinajstić information content (AvgIpc) is 3.05. The number of phenols is 1. The van der Waals surface area contributed by atoms with Gasteiger partial charge in [0, 0.05) is 18.0 Å². The van der Waals surface area contributed by atoms with Crippen molar-refractivity contribution >= 4 is 11.7 Å². The number of rotatable bonds is 3. The van der Waals surface area contributed by atoms with E-state index in [1.165, 1.54) is 42.7 Å². The van der Waals surface area contributed by atoms with Gasteiger partial charge in [-0.15, -0.1) is 13.2 Å². The third kappa shape index (κ3) is 3.51. The number of aromatic nitrogens is 2. The molecular formula is C19H14F3N3O3. The monoisotopic (exact) mass is 389 g/mol. The van der Waals surface area contributed by atoms with Gasteiger partial charge in [0.05, 0.1) is 5.69 Å². The van der Waals surface area contributed by atoms with Gasteiger partial charge in [0.25, 0.3) is 0 Å². The fourth-order valence-corrected chi connectivity index (χ4v) is 3.19. The number of imidazole rings is 1. The first-order valence-corrected chi connectivity index (χ1v) is 8.32. The third-order valence-corrected chi connectivity index (χ3v) is 4.42. The summed E-state index contributed by atoms with van der Waals surface area (Å²) in [6.45, 7) is 0. The highest BCUT2D eigenvalue weighted by Gasteiger charge is 2.32. The first-order valence-electron chi connectivity index (χ1n) is 8.32. The average molecular weight is 389 g/mol. The number of nitrogens with one attached hydrogen (secondary N) is 1. The molecule has 6 nitrogen and oxygen atoms in total. The highest BCUT2D eigenvalue weighted by atomic mass is 19.4. The Bertz CT molecular complexity index is 1010. The molecular weight excluding hydrogens is 375 g/mol.